The maximum Gasteiger partial charge on any atom is 0.371 e. The van der Waals surface area contributed by atoms with Crippen LogP contribution in [-0.4, -0.2) is 26.1 Å². The summed E-state index contributed by atoms with van der Waals surface area (Å²) >= 11 is 3.48. The van der Waals surface area contributed by atoms with Gasteiger partial charge in [0.2, 0.25) is 0 Å². The molecule has 0 fully saturated rings. The number of anilines is 2. The minimum Gasteiger partial charge on any atom is -0.374 e. The number of benzene rings is 4. The van der Waals surface area contributed by atoms with E-state index in [1.165, 1.54) is 11.1 Å². The summed E-state index contributed by atoms with van der Waals surface area (Å²) in [6, 6.07) is 34.7. The minimum atomic E-state index is -1.59. The Morgan fingerprint density at radius 3 is 1.89 bits per heavy atom. The van der Waals surface area contributed by atoms with Crippen molar-refractivity contribution in [2.45, 2.75) is 5.60 Å². The van der Waals surface area contributed by atoms with Gasteiger partial charge in [0.25, 0.3) is 0 Å². The van der Waals surface area contributed by atoms with Crippen LogP contribution in [0.5, 0.6) is 0 Å². The second kappa shape index (κ2) is 9.66. The minimum absolute atomic E-state index is 0.241. The van der Waals surface area contributed by atoms with E-state index < -0.39 is 11.6 Å². The highest BCUT2D eigenvalue weighted by Gasteiger charge is 2.37. The number of amides is 1. The first-order valence-electron chi connectivity index (χ1n) is 11.0. The lowest BCUT2D eigenvalue weighted by atomic mass is 9.84. The van der Waals surface area contributed by atoms with Gasteiger partial charge in [0.15, 0.2) is 5.60 Å². The lowest BCUT2D eigenvalue weighted by molar-refractivity contribution is 0.120. The maximum atomic E-state index is 13.7. The van der Waals surface area contributed by atoms with Crippen molar-refractivity contribution in [3.63, 3.8) is 0 Å². The lowest BCUT2D eigenvalue weighted by Gasteiger charge is -2.27. The monoisotopic (exact) mass is 524 g/mol. The number of aromatic nitrogens is 3. The molecule has 4 aromatic carbocycles. The van der Waals surface area contributed by atoms with Gasteiger partial charge in [0.05, 0.1) is 17.6 Å². The number of carbonyl (C=O) groups excluding carboxylic acids is 1. The molecule has 0 spiro atoms. The maximum absolute atomic E-state index is 13.7. The van der Waals surface area contributed by atoms with Crippen LogP contribution in [0, 0.1) is 0 Å². The van der Waals surface area contributed by atoms with Crippen LogP contribution in [-0.2, 0) is 5.60 Å². The smallest absolute Gasteiger partial charge is 0.371 e. The summed E-state index contributed by atoms with van der Waals surface area (Å²) in [6.07, 6.45) is 1.43. The van der Waals surface area contributed by atoms with Gasteiger partial charge in [-0.05, 0) is 41.5 Å². The van der Waals surface area contributed by atoms with Crippen LogP contribution in [0.2, 0.25) is 0 Å². The second-order valence-electron chi connectivity index (χ2n) is 7.90. The SMILES string of the molecule is O=C(N(c1ccccc1)c1cccc(Br)c1)n1ncc(C(O)(c2ccccc2)c2ccccc2)n1. The van der Waals surface area contributed by atoms with Crippen LogP contribution in [0.1, 0.15) is 16.8 Å². The van der Waals surface area contributed by atoms with E-state index in [0.717, 1.165) is 9.27 Å². The molecule has 6 nitrogen and oxygen atoms in total. The topological polar surface area (TPSA) is 71.2 Å². The number of nitrogens with zero attached hydrogens (tertiary/aromatic N) is 4. The van der Waals surface area contributed by atoms with Gasteiger partial charge in [-0.2, -0.15) is 5.10 Å². The number of para-hydroxylation sites is 1. The number of hydrogen-bond donors (Lipinski definition) is 1. The highest BCUT2D eigenvalue weighted by atomic mass is 79.9. The van der Waals surface area contributed by atoms with E-state index in [1.54, 1.807) is 0 Å². The predicted octanol–water partition coefficient (Wildman–Crippen LogP) is 6.13. The third kappa shape index (κ3) is 4.39. The van der Waals surface area contributed by atoms with E-state index in [2.05, 4.69) is 26.1 Å². The second-order valence-corrected chi connectivity index (χ2v) is 8.81. The molecule has 0 saturated heterocycles. The highest BCUT2D eigenvalue weighted by molar-refractivity contribution is 9.10. The van der Waals surface area contributed by atoms with Crippen molar-refractivity contribution in [1.82, 2.24) is 15.0 Å². The molecule has 0 saturated carbocycles. The molecule has 1 amide bonds. The van der Waals surface area contributed by atoms with Gasteiger partial charge in [-0.3, -0.25) is 4.90 Å². The molecular weight excluding hydrogens is 504 g/mol. The molecule has 35 heavy (non-hydrogen) atoms. The standard InChI is InChI=1S/C28H21BrN4O2/c29-23-15-10-18-25(19-23)32(24-16-8-3-9-17-24)27(34)33-30-20-26(31-33)28(35,21-11-4-1-5-12-21)22-13-6-2-7-14-22/h1-20,35H. The van der Waals surface area contributed by atoms with Crippen molar-refractivity contribution in [2.24, 2.45) is 0 Å². The summed E-state index contributed by atoms with van der Waals surface area (Å²) in [5.74, 6) is 0. The van der Waals surface area contributed by atoms with Crippen LogP contribution in [0.3, 0.4) is 0 Å². The lowest BCUT2D eigenvalue weighted by Crippen LogP contribution is -2.33. The quantitative estimate of drug-likeness (QED) is 0.300. The summed E-state index contributed by atoms with van der Waals surface area (Å²) in [6.45, 7) is 0. The van der Waals surface area contributed by atoms with Gasteiger partial charge < -0.3 is 5.11 Å². The first kappa shape index (κ1) is 22.7. The van der Waals surface area contributed by atoms with Crippen molar-refractivity contribution in [3.05, 3.63) is 143 Å². The summed E-state index contributed by atoms with van der Waals surface area (Å²) in [4.78, 5) is 16.3. The van der Waals surface area contributed by atoms with Gasteiger partial charge in [0.1, 0.15) is 5.69 Å². The van der Waals surface area contributed by atoms with E-state index >= 15 is 0 Å². The zero-order valence-electron chi connectivity index (χ0n) is 18.6. The van der Waals surface area contributed by atoms with Crippen LogP contribution >= 0.6 is 15.9 Å². The molecule has 7 heteroatoms. The van der Waals surface area contributed by atoms with Crippen molar-refractivity contribution in [3.8, 4) is 0 Å². The third-order valence-corrected chi connectivity index (χ3v) is 6.18. The molecule has 0 unspecified atom stereocenters. The fourth-order valence-electron chi connectivity index (χ4n) is 3.99. The van der Waals surface area contributed by atoms with Gasteiger partial charge in [0, 0.05) is 4.47 Å². The molecule has 0 bridgehead atoms. The Morgan fingerprint density at radius 1 is 0.771 bits per heavy atom. The van der Waals surface area contributed by atoms with E-state index in [4.69, 9.17) is 0 Å². The summed E-state index contributed by atoms with van der Waals surface area (Å²) < 4.78 is 0.834. The molecule has 0 radical (unpaired) electrons. The summed E-state index contributed by atoms with van der Waals surface area (Å²) in [5, 5.41) is 20.7. The number of halogens is 1. The fourth-order valence-corrected chi connectivity index (χ4v) is 4.38. The number of carbonyl (C=O) groups is 1. The molecule has 1 N–H and O–H groups in total. The van der Waals surface area contributed by atoms with Gasteiger partial charge in [-0.15, -0.1) is 5.10 Å². The molecule has 0 aliphatic heterocycles. The fraction of sp³-hybridized carbons (Fsp3) is 0.0357. The van der Waals surface area contributed by atoms with E-state index in [-0.39, 0.29) is 5.69 Å². The largest absolute Gasteiger partial charge is 0.374 e. The van der Waals surface area contributed by atoms with Crippen LogP contribution in [0.4, 0.5) is 16.2 Å². The Hall–Kier alpha value is -4.07. The number of aliphatic hydroxyl groups is 1. The Bertz CT molecular complexity index is 1400. The van der Waals surface area contributed by atoms with Crippen molar-refractivity contribution >= 4 is 33.3 Å². The molecular formula is C28H21BrN4O2. The zero-order chi connectivity index (χ0) is 24.3. The molecule has 0 atom stereocenters. The van der Waals surface area contributed by atoms with E-state index in [1.807, 2.05) is 115 Å². The van der Waals surface area contributed by atoms with Crippen molar-refractivity contribution < 1.29 is 9.90 Å². The zero-order valence-corrected chi connectivity index (χ0v) is 20.2. The van der Waals surface area contributed by atoms with E-state index in [0.29, 0.717) is 22.5 Å². The van der Waals surface area contributed by atoms with E-state index in [9.17, 15) is 9.90 Å². The first-order chi connectivity index (χ1) is 17.1. The highest BCUT2D eigenvalue weighted by Crippen LogP contribution is 2.35. The molecule has 1 aromatic heterocycles. The molecule has 0 aliphatic rings. The Kier molecular flexibility index (Phi) is 6.27. The van der Waals surface area contributed by atoms with Gasteiger partial charge >= 0.3 is 6.03 Å². The Morgan fingerprint density at radius 2 is 1.31 bits per heavy atom. The van der Waals surface area contributed by atoms with Crippen molar-refractivity contribution in [1.29, 1.82) is 0 Å². The third-order valence-electron chi connectivity index (χ3n) is 5.69. The molecule has 5 rings (SSSR count). The average molecular weight is 525 g/mol. The number of rotatable bonds is 5. The Balaban J connectivity index is 1.60. The van der Waals surface area contributed by atoms with Gasteiger partial charge in [-0.1, -0.05) is 106 Å². The number of hydrogen-bond acceptors (Lipinski definition) is 4. The molecule has 172 valence electrons. The predicted molar refractivity (Wildman–Crippen MR) is 139 cm³/mol. The van der Waals surface area contributed by atoms with Crippen LogP contribution in [0.15, 0.2) is 126 Å². The van der Waals surface area contributed by atoms with Crippen LogP contribution < -0.4 is 4.90 Å². The normalized spacial score (nSPS) is 11.3. The molecule has 5 aromatic rings. The first-order valence-corrected chi connectivity index (χ1v) is 11.8. The molecule has 0 aliphatic carbocycles. The summed E-state index contributed by atoms with van der Waals surface area (Å²) in [5.41, 5.74) is 1.21. The van der Waals surface area contributed by atoms with Gasteiger partial charge in [-0.25, -0.2) is 4.79 Å². The van der Waals surface area contributed by atoms with Crippen LogP contribution in [0.25, 0.3) is 0 Å². The summed E-state index contributed by atoms with van der Waals surface area (Å²) in [7, 11) is 0. The van der Waals surface area contributed by atoms with Crippen molar-refractivity contribution in [2.75, 3.05) is 4.90 Å². The average Bonchev–Trinajstić information content (AvgIpc) is 3.41. The Labute approximate surface area is 211 Å². The molecule has 1 heterocycles.